The zero-order chi connectivity index (χ0) is 27.7. The molecule has 4 rings (SSSR count). The number of piperidine rings is 1. The number of aliphatic hydroxyl groups excluding tert-OH is 1. The van der Waals surface area contributed by atoms with Crippen LogP contribution in [-0.2, 0) is 17.5 Å². The van der Waals surface area contributed by atoms with Gasteiger partial charge in [0, 0.05) is 31.6 Å². The third kappa shape index (κ3) is 6.33. The van der Waals surface area contributed by atoms with Gasteiger partial charge in [-0.25, -0.2) is 9.97 Å². The summed E-state index contributed by atoms with van der Waals surface area (Å²) in [6.45, 7) is 2.06. The Morgan fingerprint density at radius 2 is 1.95 bits per heavy atom. The number of aliphatic hydroxyl groups is 2. The second-order valence-electron chi connectivity index (χ2n) is 10.2. The van der Waals surface area contributed by atoms with Gasteiger partial charge in [0.1, 0.15) is 12.4 Å². The van der Waals surface area contributed by atoms with Crippen LogP contribution >= 0.6 is 0 Å². The van der Waals surface area contributed by atoms with Gasteiger partial charge in [-0.15, -0.1) is 0 Å². The van der Waals surface area contributed by atoms with E-state index in [-0.39, 0.29) is 43.2 Å². The van der Waals surface area contributed by atoms with E-state index in [1.807, 2.05) is 0 Å². The Hall–Kier alpha value is -3.03. The normalized spacial score (nSPS) is 23.2. The van der Waals surface area contributed by atoms with Gasteiger partial charge >= 0.3 is 6.18 Å². The van der Waals surface area contributed by atoms with Crippen LogP contribution < -0.4 is 16.0 Å². The first-order valence-electron chi connectivity index (χ1n) is 12.4. The lowest BCUT2D eigenvalue weighted by molar-refractivity contribution is -0.137. The van der Waals surface area contributed by atoms with Crippen molar-refractivity contribution in [2.24, 2.45) is 11.7 Å². The summed E-state index contributed by atoms with van der Waals surface area (Å²) in [6.07, 6.45) is -1.12. The first-order chi connectivity index (χ1) is 17.9. The summed E-state index contributed by atoms with van der Waals surface area (Å²) < 4.78 is 54.3. The molecule has 2 aromatic rings. The molecule has 2 aliphatic rings. The monoisotopic (exact) mass is 540 g/mol. The number of alkyl halides is 3. The second kappa shape index (κ2) is 11.0. The first kappa shape index (κ1) is 28.0. The molecule has 2 fully saturated rings. The number of aromatic nitrogens is 2. The molecule has 5 N–H and O–H groups in total. The lowest BCUT2D eigenvalue weighted by Gasteiger charge is -2.45. The van der Waals surface area contributed by atoms with Crippen LogP contribution in [0.1, 0.15) is 37.3 Å². The molecule has 0 spiro atoms. The van der Waals surface area contributed by atoms with E-state index in [4.69, 9.17) is 5.73 Å². The van der Waals surface area contributed by atoms with Gasteiger partial charge in [0.2, 0.25) is 11.7 Å². The van der Waals surface area contributed by atoms with Gasteiger partial charge in [-0.1, -0.05) is 12.1 Å². The number of carbonyl (C=O) groups excluding carboxylic acids is 1. The van der Waals surface area contributed by atoms with Crippen LogP contribution in [0, 0.1) is 11.7 Å². The maximum absolute atomic E-state index is 15.6. The van der Waals surface area contributed by atoms with Crippen molar-refractivity contribution >= 4 is 17.5 Å². The number of primary amides is 1. The number of anilines is 2. The number of benzene rings is 1. The Balaban J connectivity index is 1.44. The molecule has 1 saturated carbocycles. The molecular weight excluding hydrogens is 508 g/mol. The van der Waals surface area contributed by atoms with Crippen molar-refractivity contribution in [1.82, 2.24) is 14.9 Å². The Morgan fingerprint density at radius 3 is 2.50 bits per heavy atom. The van der Waals surface area contributed by atoms with Crippen LogP contribution in [0.2, 0.25) is 0 Å². The summed E-state index contributed by atoms with van der Waals surface area (Å²) in [5, 5.41) is 23.5. The Morgan fingerprint density at radius 1 is 1.26 bits per heavy atom. The molecule has 3 atom stereocenters. The molecule has 208 valence electrons. The maximum Gasteiger partial charge on any atom is 0.416 e. The van der Waals surface area contributed by atoms with Crippen LogP contribution in [0.25, 0.3) is 0 Å². The van der Waals surface area contributed by atoms with Crippen LogP contribution in [0.3, 0.4) is 0 Å². The third-order valence-electron chi connectivity index (χ3n) is 7.29. The van der Waals surface area contributed by atoms with Crippen molar-refractivity contribution in [1.29, 1.82) is 0 Å². The molecule has 13 heteroatoms. The molecule has 38 heavy (non-hydrogen) atoms. The van der Waals surface area contributed by atoms with Gasteiger partial charge in [0.15, 0.2) is 11.6 Å². The molecule has 0 bridgehead atoms. The largest absolute Gasteiger partial charge is 0.416 e. The Bertz CT molecular complexity index is 1130. The van der Waals surface area contributed by atoms with E-state index in [1.54, 1.807) is 16.7 Å². The maximum atomic E-state index is 15.6. The van der Waals surface area contributed by atoms with E-state index in [9.17, 15) is 28.2 Å². The van der Waals surface area contributed by atoms with Crippen molar-refractivity contribution in [3.05, 3.63) is 47.5 Å². The molecule has 1 amide bonds. The molecule has 0 radical (unpaired) electrons. The van der Waals surface area contributed by atoms with Crippen LogP contribution in [0.4, 0.5) is 29.2 Å². The van der Waals surface area contributed by atoms with E-state index < -0.39 is 41.7 Å². The number of hydrogen-bond acceptors (Lipinski definition) is 8. The topological polar surface area (TPSA) is 128 Å². The smallest absolute Gasteiger partial charge is 0.394 e. The van der Waals surface area contributed by atoms with Crippen LogP contribution in [0.15, 0.2) is 30.6 Å². The van der Waals surface area contributed by atoms with Gasteiger partial charge in [0.05, 0.1) is 17.8 Å². The van der Waals surface area contributed by atoms with Crippen molar-refractivity contribution < 1.29 is 32.6 Å². The van der Waals surface area contributed by atoms with E-state index in [2.05, 4.69) is 15.3 Å². The molecular formula is C25H32F4N6O3. The van der Waals surface area contributed by atoms with Crippen molar-refractivity contribution in [3.8, 4) is 0 Å². The summed E-state index contributed by atoms with van der Waals surface area (Å²) in [5.41, 5.74) is 3.95. The third-order valence-corrected chi connectivity index (χ3v) is 7.29. The predicted molar refractivity (Wildman–Crippen MR) is 132 cm³/mol. The van der Waals surface area contributed by atoms with E-state index in [1.165, 1.54) is 18.5 Å². The molecule has 1 aliphatic carbocycles. The summed E-state index contributed by atoms with van der Waals surface area (Å²) in [7, 11) is 0. The number of β-amino-alcohol motifs (C(OH)–C–C–N with tert-alkyl or cyclic N) is 1. The SMILES string of the molecule is C[C@]1(O)CN(C(CO)C(N)=O)CC[C@H]1CNc1ncnc(N(Cc2ccc(C(F)(F)F)cc2)C2CC2)c1F. The summed E-state index contributed by atoms with van der Waals surface area (Å²) in [5.74, 6) is -1.66. The Labute approximate surface area is 217 Å². The predicted octanol–water partition coefficient (Wildman–Crippen LogP) is 2.13. The standard InChI is InChI=1S/C25H32F4N6O3/c1-24(38)13-34(19(12-36)21(30)37)9-8-17(24)10-31-22-20(26)23(33-14-32-22)35(18-6-7-18)11-15-2-4-16(5-3-15)25(27,28)29/h2-5,14,17-19,36,38H,6-13H2,1H3,(H2,30,37)(H,31,32,33)/t17-,19?,24-/m0/s1. The van der Waals surface area contributed by atoms with Gasteiger partial charge in [-0.3, -0.25) is 9.69 Å². The average Bonchev–Trinajstić information content (AvgIpc) is 3.68. The number of carbonyl (C=O) groups is 1. The van der Waals surface area contributed by atoms with Gasteiger partial charge in [-0.05, 0) is 50.4 Å². The lowest BCUT2D eigenvalue weighted by atomic mass is 9.82. The molecule has 1 aromatic heterocycles. The fourth-order valence-electron chi connectivity index (χ4n) is 4.89. The van der Waals surface area contributed by atoms with Crippen molar-refractivity contribution in [2.45, 2.75) is 56.6 Å². The first-order valence-corrected chi connectivity index (χ1v) is 12.4. The number of hydrogen-bond donors (Lipinski definition) is 4. The zero-order valence-corrected chi connectivity index (χ0v) is 21.0. The highest BCUT2D eigenvalue weighted by molar-refractivity contribution is 5.80. The fourth-order valence-corrected chi connectivity index (χ4v) is 4.89. The van der Waals surface area contributed by atoms with Crippen LogP contribution in [0.5, 0.6) is 0 Å². The summed E-state index contributed by atoms with van der Waals surface area (Å²) in [4.78, 5) is 23.1. The Kier molecular flexibility index (Phi) is 8.09. The van der Waals surface area contributed by atoms with E-state index >= 15 is 4.39 Å². The van der Waals surface area contributed by atoms with Crippen molar-refractivity contribution in [2.75, 3.05) is 36.5 Å². The summed E-state index contributed by atoms with van der Waals surface area (Å²) >= 11 is 0. The number of nitrogens with two attached hydrogens (primary N) is 1. The number of halogens is 4. The lowest BCUT2D eigenvalue weighted by Crippen LogP contribution is -2.59. The number of amides is 1. The fraction of sp³-hybridized carbons (Fsp3) is 0.560. The molecule has 1 unspecified atom stereocenters. The second-order valence-corrected chi connectivity index (χ2v) is 10.2. The zero-order valence-electron chi connectivity index (χ0n) is 21.0. The number of likely N-dealkylation sites (tertiary alicyclic amines) is 1. The van der Waals surface area contributed by atoms with Gasteiger partial charge in [-0.2, -0.15) is 17.6 Å². The molecule has 1 saturated heterocycles. The minimum atomic E-state index is -4.43. The minimum absolute atomic E-state index is 0.0179. The van der Waals surface area contributed by atoms with E-state index in [0.29, 0.717) is 18.5 Å². The van der Waals surface area contributed by atoms with Gasteiger partial charge in [0.25, 0.3) is 0 Å². The molecule has 9 nitrogen and oxygen atoms in total. The highest BCUT2D eigenvalue weighted by atomic mass is 19.4. The number of rotatable bonds is 10. The van der Waals surface area contributed by atoms with Crippen molar-refractivity contribution in [3.63, 3.8) is 0 Å². The summed E-state index contributed by atoms with van der Waals surface area (Å²) in [6, 6.07) is 3.90. The molecule has 1 aromatic carbocycles. The molecule has 1 aliphatic heterocycles. The average molecular weight is 541 g/mol. The molecule has 2 heterocycles. The highest BCUT2D eigenvalue weighted by Crippen LogP contribution is 2.36. The number of nitrogens with one attached hydrogen (secondary N) is 1. The van der Waals surface area contributed by atoms with Crippen LogP contribution in [-0.4, -0.2) is 74.9 Å². The van der Waals surface area contributed by atoms with E-state index in [0.717, 1.165) is 25.0 Å². The van der Waals surface area contributed by atoms with Gasteiger partial charge < -0.3 is 26.2 Å². The quantitative estimate of drug-likeness (QED) is 0.338. The minimum Gasteiger partial charge on any atom is -0.394 e. The number of nitrogens with zero attached hydrogens (tertiary/aromatic N) is 4. The highest BCUT2D eigenvalue weighted by Gasteiger charge is 2.41.